The zero-order valence-electron chi connectivity index (χ0n) is 15.4. The summed E-state index contributed by atoms with van der Waals surface area (Å²) in [5.74, 6) is 11.7. The van der Waals surface area contributed by atoms with E-state index in [4.69, 9.17) is 15.0 Å². The summed E-state index contributed by atoms with van der Waals surface area (Å²) in [6, 6.07) is 0. The number of carbonyl (C=O) groups is 3. The molecule has 138 valence electrons. The lowest BCUT2D eigenvalue weighted by Crippen LogP contribution is -2.26. The zero-order chi connectivity index (χ0) is 19.9. The molecular formula is C12H36N4O5Si. The Balaban J connectivity index is -0.0000000362. The molecule has 0 aromatic carbocycles. The molecule has 9 N–H and O–H groups in total. The summed E-state index contributed by atoms with van der Waals surface area (Å²) in [7, 11) is 0.389. The fourth-order valence-electron chi connectivity index (χ4n) is 0. The predicted octanol–water partition coefficient (Wildman–Crippen LogP) is 0.0641. The van der Waals surface area contributed by atoms with Crippen LogP contribution in [-0.4, -0.2) is 43.1 Å². The lowest BCUT2D eigenvalue weighted by Gasteiger charge is -2.01. The number of hydrogen-bond acceptors (Lipinski definition) is 7. The second-order valence-electron chi connectivity index (χ2n) is 5.13. The summed E-state index contributed by atoms with van der Waals surface area (Å²) in [5, 5.41) is 14.4. The Bertz CT molecular complexity index is 220. The Labute approximate surface area is 135 Å². The minimum absolute atomic E-state index is 0.167. The molecule has 0 saturated carbocycles. The molecule has 0 aromatic rings. The number of Topliss-reactive ketones (excluding diaryl/α,β-unsaturated/α-hetero) is 1. The van der Waals surface area contributed by atoms with Crippen molar-refractivity contribution >= 4 is 25.7 Å². The summed E-state index contributed by atoms with van der Waals surface area (Å²) < 4.78 is 0. The Hall–Kier alpha value is -1.33. The van der Waals surface area contributed by atoms with Crippen LogP contribution >= 0.6 is 0 Å². The van der Waals surface area contributed by atoms with Gasteiger partial charge in [0.1, 0.15) is 5.78 Å². The van der Waals surface area contributed by atoms with E-state index in [0.29, 0.717) is 0 Å². The molecule has 0 bridgehead atoms. The Kier molecular flexibility index (Phi) is 53.8. The van der Waals surface area contributed by atoms with E-state index in [9.17, 15) is 9.59 Å². The van der Waals surface area contributed by atoms with Crippen molar-refractivity contribution < 1.29 is 24.6 Å². The van der Waals surface area contributed by atoms with Crippen molar-refractivity contribution in [3.8, 4) is 0 Å². The van der Waals surface area contributed by atoms with Gasteiger partial charge in [0, 0.05) is 29.0 Å². The van der Waals surface area contributed by atoms with Crippen molar-refractivity contribution in [2.75, 3.05) is 7.11 Å². The topological polar surface area (TPSA) is 182 Å². The van der Waals surface area contributed by atoms with E-state index in [1.807, 2.05) is 5.43 Å². The van der Waals surface area contributed by atoms with Gasteiger partial charge in [-0.05, 0) is 13.8 Å². The highest BCUT2D eigenvalue weighted by Gasteiger charge is 1.99. The number of ketones is 1. The molecule has 0 aliphatic carbocycles. The Morgan fingerprint density at radius 1 is 0.864 bits per heavy atom. The van der Waals surface area contributed by atoms with Crippen molar-refractivity contribution in [2.45, 2.75) is 53.9 Å². The first-order valence-corrected chi connectivity index (χ1v) is 10.2. The lowest BCUT2D eigenvalue weighted by atomic mass is 10.6. The Morgan fingerprint density at radius 2 is 0.909 bits per heavy atom. The van der Waals surface area contributed by atoms with Crippen LogP contribution in [0.1, 0.15) is 27.7 Å². The number of aliphatic hydroxyl groups is 1. The quantitative estimate of drug-likeness (QED) is 0.154. The van der Waals surface area contributed by atoms with Gasteiger partial charge in [-0.25, -0.2) is 5.84 Å². The molecule has 0 heterocycles. The molecule has 1 amide bonds. The first-order chi connectivity index (χ1) is 9.73. The van der Waals surface area contributed by atoms with Crippen LogP contribution in [0.4, 0.5) is 0 Å². The van der Waals surface area contributed by atoms with E-state index < -0.39 is 14.0 Å². The molecule has 10 heteroatoms. The van der Waals surface area contributed by atoms with E-state index in [0.717, 1.165) is 14.0 Å². The smallest absolute Gasteiger partial charge is 0.300 e. The molecule has 0 saturated heterocycles. The molecule has 0 unspecified atom stereocenters. The number of carboxylic acid groups (broad SMARTS) is 1. The molecule has 0 fully saturated rings. The van der Waals surface area contributed by atoms with Crippen LogP contribution in [0.15, 0.2) is 0 Å². The van der Waals surface area contributed by atoms with Gasteiger partial charge in [-0.15, -0.1) is 0 Å². The Morgan fingerprint density at radius 3 is 0.909 bits per heavy atom. The minimum Gasteiger partial charge on any atom is -0.481 e. The number of aliphatic carboxylic acids is 1. The highest BCUT2D eigenvalue weighted by Crippen LogP contribution is 1.94. The minimum atomic E-state index is -0.833. The van der Waals surface area contributed by atoms with Crippen LogP contribution in [0.3, 0.4) is 0 Å². The van der Waals surface area contributed by atoms with Crippen molar-refractivity contribution in [2.24, 2.45) is 17.5 Å². The third-order valence-electron chi connectivity index (χ3n) is 0.203. The van der Waals surface area contributed by atoms with E-state index in [2.05, 4.69) is 43.7 Å². The number of carbonyl (C=O) groups excluding carboxylic acids is 2. The van der Waals surface area contributed by atoms with Crippen LogP contribution in [0.25, 0.3) is 0 Å². The fraction of sp³-hybridized carbons (Fsp3) is 0.750. The molecule has 0 aromatic heterocycles. The monoisotopic (exact) mass is 344 g/mol. The standard InChI is InChI=1S/C4H12Si.C3H6O.C2H6N2O.C2H4O2.CH4O.H4N2/c1-5(2,3)4;1-3(2)4;1-2(5)4-3;1-2(3)4;2*1-2/h1-4H3;1-2H3;3H2,1H3,(H,4,5);1H3,(H,3,4);2H,1H3;1-2H2. The fourth-order valence-corrected chi connectivity index (χ4v) is 0. The second-order valence-corrected chi connectivity index (χ2v) is 11.1. The van der Waals surface area contributed by atoms with E-state index in [-0.39, 0.29) is 11.7 Å². The van der Waals surface area contributed by atoms with Gasteiger partial charge < -0.3 is 15.0 Å². The van der Waals surface area contributed by atoms with Crippen molar-refractivity contribution in [1.29, 1.82) is 0 Å². The molecule has 22 heavy (non-hydrogen) atoms. The molecule has 0 spiro atoms. The van der Waals surface area contributed by atoms with Crippen LogP contribution in [-0.2, 0) is 14.4 Å². The van der Waals surface area contributed by atoms with E-state index >= 15 is 0 Å². The maximum absolute atomic E-state index is 9.58. The van der Waals surface area contributed by atoms with Gasteiger partial charge in [-0.1, -0.05) is 26.2 Å². The van der Waals surface area contributed by atoms with Gasteiger partial charge in [-0.3, -0.25) is 26.7 Å². The summed E-state index contributed by atoms with van der Waals surface area (Å²) in [4.78, 5) is 28.0. The molecule has 0 aliphatic rings. The number of nitrogens with two attached hydrogens (primary N) is 3. The number of rotatable bonds is 0. The summed E-state index contributed by atoms with van der Waals surface area (Å²) in [6.45, 7) is 14.8. The van der Waals surface area contributed by atoms with E-state index in [1.165, 1.54) is 20.8 Å². The maximum atomic E-state index is 9.58. The van der Waals surface area contributed by atoms with Crippen molar-refractivity contribution in [3.63, 3.8) is 0 Å². The molecule has 0 aliphatic heterocycles. The van der Waals surface area contributed by atoms with Crippen LogP contribution in [0.5, 0.6) is 0 Å². The van der Waals surface area contributed by atoms with Crippen molar-refractivity contribution in [3.05, 3.63) is 0 Å². The number of carboxylic acids is 1. The summed E-state index contributed by atoms with van der Waals surface area (Å²) in [6.07, 6.45) is 0. The first kappa shape index (κ1) is 37.2. The van der Waals surface area contributed by atoms with Crippen LogP contribution in [0, 0.1) is 0 Å². The lowest BCUT2D eigenvalue weighted by molar-refractivity contribution is -0.134. The summed E-state index contributed by atoms with van der Waals surface area (Å²) in [5.41, 5.74) is 1.89. The summed E-state index contributed by atoms with van der Waals surface area (Å²) >= 11 is 0. The third kappa shape index (κ3) is 13100. The molecule has 9 nitrogen and oxygen atoms in total. The highest BCUT2D eigenvalue weighted by molar-refractivity contribution is 6.74. The first-order valence-electron chi connectivity index (χ1n) is 6.16. The third-order valence-corrected chi connectivity index (χ3v) is 0.203. The van der Waals surface area contributed by atoms with Gasteiger partial charge >= 0.3 is 0 Å². The number of amides is 1. The second kappa shape index (κ2) is 31.9. The molecule has 0 radical (unpaired) electrons. The number of aliphatic hydroxyl groups excluding tert-OH is 1. The maximum Gasteiger partial charge on any atom is 0.300 e. The molecule has 0 rings (SSSR count). The van der Waals surface area contributed by atoms with Gasteiger partial charge in [0.05, 0.1) is 0 Å². The highest BCUT2D eigenvalue weighted by atomic mass is 28.3. The van der Waals surface area contributed by atoms with E-state index in [1.54, 1.807) is 0 Å². The number of hydrazine groups is 2. The normalized spacial score (nSPS) is 7.14. The zero-order valence-corrected chi connectivity index (χ0v) is 16.4. The number of hydrogen-bond donors (Lipinski definition) is 6. The average Bonchev–Trinajstić information content (AvgIpc) is 2.30. The predicted molar refractivity (Wildman–Crippen MR) is 93.4 cm³/mol. The average molecular weight is 345 g/mol. The molecular weight excluding hydrogens is 308 g/mol. The van der Waals surface area contributed by atoms with Gasteiger partial charge in [0.2, 0.25) is 5.91 Å². The largest absolute Gasteiger partial charge is 0.481 e. The molecule has 0 atom stereocenters. The van der Waals surface area contributed by atoms with Crippen LogP contribution in [0.2, 0.25) is 26.2 Å². The van der Waals surface area contributed by atoms with Gasteiger partial charge in [0.15, 0.2) is 0 Å². The van der Waals surface area contributed by atoms with Crippen LogP contribution < -0.4 is 23.0 Å². The van der Waals surface area contributed by atoms with Crippen molar-refractivity contribution in [1.82, 2.24) is 5.43 Å². The van der Waals surface area contributed by atoms with Gasteiger partial charge in [0.25, 0.3) is 5.97 Å². The van der Waals surface area contributed by atoms with Gasteiger partial charge in [-0.2, -0.15) is 0 Å². The SMILES string of the molecule is CC(=O)NN.CC(=O)O.CC(C)=O.CO.C[Si](C)(C)C.NN. The number of nitrogens with one attached hydrogen (secondary N) is 1.